The predicted octanol–water partition coefficient (Wildman–Crippen LogP) is 6.72. The highest BCUT2D eigenvalue weighted by molar-refractivity contribution is 5.94. The molecular weight excluding hydrogens is 479 g/mol. The van der Waals surface area contributed by atoms with Gasteiger partial charge in [0.1, 0.15) is 5.60 Å². The summed E-state index contributed by atoms with van der Waals surface area (Å²) >= 11 is 0. The number of alkyl halides is 5. The predicted molar refractivity (Wildman–Crippen MR) is 123 cm³/mol. The number of ketones is 2. The summed E-state index contributed by atoms with van der Waals surface area (Å²) in [4.78, 5) is 24.2. The summed E-state index contributed by atoms with van der Waals surface area (Å²) in [6.07, 6.45) is -3.00. The molecular formula is C28H29F5O3. The van der Waals surface area contributed by atoms with Crippen molar-refractivity contribution < 1.29 is 36.6 Å². The molecule has 2 saturated carbocycles. The zero-order valence-electron chi connectivity index (χ0n) is 20.2. The van der Waals surface area contributed by atoms with Crippen LogP contribution in [0.4, 0.5) is 22.0 Å². The normalized spacial score (nSPS) is 34.6. The van der Waals surface area contributed by atoms with E-state index in [1.165, 1.54) is 13.8 Å². The number of carbonyl (C=O) groups is 2. The minimum Gasteiger partial charge on any atom is -0.383 e. The van der Waals surface area contributed by atoms with Crippen molar-refractivity contribution in [3.63, 3.8) is 0 Å². The number of carbonyl (C=O) groups excluding carboxylic acids is 2. The summed E-state index contributed by atoms with van der Waals surface area (Å²) in [5.74, 6) is -6.80. The van der Waals surface area contributed by atoms with Gasteiger partial charge in [0.25, 0.3) is 0 Å². The maximum absolute atomic E-state index is 15.0. The average Bonchev–Trinajstić information content (AvgIpc) is 3.09. The lowest BCUT2D eigenvalue weighted by Crippen LogP contribution is -2.65. The lowest BCUT2D eigenvalue weighted by molar-refractivity contribution is -0.362. The van der Waals surface area contributed by atoms with Crippen molar-refractivity contribution >= 4 is 11.6 Å². The third kappa shape index (κ3) is 3.39. The maximum Gasteiger partial charge on any atom is 0.456 e. The van der Waals surface area contributed by atoms with Crippen LogP contribution in [0.15, 0.2) is 47.1 Å². The molecule has 0 spiro atoms. The third-order valence-electron chi connectivity index (χ3n) is 9.46. The Bertz CT molecular complexity index is 1200. The van der Waals surface area contributed by atoms with Gasteiger partial charge in [0.05, 0.1) is 0 Å². The number of halogens is 5. The van der Waals surface area contributed by atoms with Crippen LogP contribution in [0.1, 0.15) is 80.6 Å². The average molecular weight is 509 g/mol. The highest BCUT2D eigenvalue weighted by atomic mass is 19.4. The lowest BCUT2D eigenvalue weighted by atomic mass is 9.50. The molecule has 0 heterocycles. The molecule has 194 valence electrons. The quantitative estimate of drug-likeness (QED) is 0.364. The third-order valence-corrected chi connectivity index (χ3v) is 9.46. The number of hydrogen-bond donors (Lipinski definition) is 1. The highest BCUT2D eigenvalue weighted by Gasteiger charge is 2.79. The number of aliphatic hydroxyl groups is 1. The Balaban J connectivity index is 1.71. The van der Waals surface area contributed by atoms with E-state index in [0.717, 1.165) is 16.7 Å². The van der Waals surface area contributed by atoms with Crippen molar-refractivity contribution in [1.29, 1.82) is 0 Å². The van der Waals surface area contributed by atoms with Crippen molar-refractivity contribution in [1.82, 2.24) is 0 Å². The Kier molecular flexibility index (Phi) is 5.67. The molecule has 0 aliphatic heterocycles. The van der Waals surface area contributed by atoms with E-state index in [1.807, 2.05) is 0 Å². The van der Waals surface area contributed by atoms with Gasteiger partial charge in [0, 0.05) is 23.3 Å². The van der Waals surface area contributed by atoms with E-state index in [4.69, 9.17) is 0 Å². The standard InChI is InChI=1S/C28H29F5O3/c1-15(34)16-4-3-5-17(12-16)22-14-25(2)23(10-11-26(25,36)27(29,30)28(31,32)33)21-8-6-18-13-19(35)7-9-20(18)24(21)22/h3-5,12-13,21-23,36H,6-11,14H2,1-2H3/t21?,22-,23?,25+,26?/m1/s1. The minimum atomic E-state index is -5.88. The Morgan fingerprint density at radius 3 is 2.47 bits per heavy atom. The fraction of sp³-hybridized carbons (Fsp3) is 0.571. The van der Waals surface area contributed by atoms with E-state index in [1.54, 1.807) is 30.3 Å². The molecule has 2 fully saturated rings. The van der Waals surface area contributed by atoms with Gasteiger partial charge in [-0.25, -0.2) is 0 Å². The summed E-state index contributed by atoms with van der Waals surface area (Å²) in [7, 11) is 0. The van der Waals surface area contributed by atoms with Gasteiger partial charge in [0.15, 0.2) is 11.6 Å². The molecule has 4 aliphatic carbocycles. The SMILES string of the molecule is CC(=O)c1cccc([C@H]2C[C@@]3(C)C(CCC3(O)C(F)(F)C(F)(F)F)C3CCC4=CC(=O)CCC4=C32)c1. The molecule has 5 atom stereocenters. The number of allylic oxidation sites excluding steroid dienone is 4. The zero-order chi connectivity index (χ0) is 26.3. The van der Waals surface area contributed by atoms with Crippen LogP contribution in [0.2, 0.25) is 0 Å². The van der Waals surface area contributed by atoms with Gasteiger partial charge in [-0.1, -0.05) is 30.7 Å². The van der Waals surface area contributed by atoms with Crippen molar-refractivity contribution in [3.05, 3.63) is 58.2 Å². The van der Waals surface area contributed by atoms with E-state index >= 15 is 0 Å². The van der Waals surface area contributed by atoms with Crippen LogP contribution in [-0.2, 0) is 4.79 Å². The fourth-order valence-corrected chi connectivity index (χ4v) is 7.69. The van der Waals surface area contributed by atoms with Crippen LogP contribution < -0.4 is 0 Å². The number of rotatable bonds is 3. The van der Waals surface area contributed by atoms with Crippen molar-refractivity contribution in [3.8, 4) is 0 Å². The van der Waals surface area contributed by atoms with Gasteiger partial charge in [-0.3, -0.25) is 9.59 Å². The van der Waals surface area contributed by atoms with E-state index < -0.39 is 41.4 Å². The highest BCUT2D eigenvalue weighted by Crippen LogP contribution is 2.70. The first-order chi connectivity index (χ1) is 16.7. The molecule has 1 aromatic carbocycles. The summed E-state index contributed by atoms with van der Waals surface area (Å²) in [6, 6.07) is 6.79. The number of fused-ring (bicyclic) bond motifs is 4. The van der Waals surface area contributed by atoms with Gasteiger partial charge in [0.2, 0.25) is 0 Å². The Labute approximate surface area is 206 Å². The number of Topliss-reactive ketones (excluding diaryl/α,β-unsaturated/α-hetero) is 1. The second kappa shape index (κ2) is 8.07. The lowest BCUT2D eigenvalue weighted by Gasteiger charge is -2.56. The van der Waals surface area contributed by atoms with Crippen LogP contribution in [0, 0.1) is 17.3 Å². The number of hydrogen-bond acceptors (Lipinski definition) is 3. The molecule has 0 bridgehead atoms. The maximum atomic E-state index is 15.0. The molecule has 3 nitrogen and oxygen atoms in total. The van der Waals surface area contributed by atoms with Gasteiger partial charge >= 0.3 is 12.1 Å². The van der Waals surface area contributed by atoms with Crippen LogP contribution in [0.3, 0.4) is 0 Å². The first kappa shape index (κ1) is 25.3. The second-order valence-corrected chi connectivity index (χ2v) is 11.1. The van der Waals surface area contributed by atoms with Crippen molar-refractivity contribution in [2.24, 2.45) is 17.3 Å². The Hall–Kier alpha value is -2.35. The van der Waals surface area contributed by atoms with E-state index in [9.17, 15) is 36.6 Å². The second-order valence-electron chi connectivity index (χ2n) is 11.1. The summed E-state index contributed by atoms with van der Waals surface area (Å²) in [6.45, 7) is 2.80. The fourth-order valence-electron chi connectivity index (χ4n) is 7.69. The first-order valence-electron chi connectivity index (χ1n) is 12.5. The van der Waals surface area contributed by atoms with Crippen LogP contribution in [0.5, 0.6) is 0 Å². The molecule has 36 heavy (non-hydrogen) atoms. The van der Waals surface area contributed by atoms with Gasteiger partial charge in [-0.05, 0) is 86.1 Å². The number of benzene rings is 1. The molecule has 0 saturated heterocycles. The molecule has 1 N–H and O–H groups in total. The van der Waals surface area contributed by atoms with E-state index in [0.29, 0.717) is 36.8 Å². The summed E-state index contributed by atoms with van der Waals surface area (Å²) < 4.78 is 70.8. The van der Waals surface area contributed by atoms with Crippen molar-refractivity contribution in [2.75, 3.05) is 0 Å². The first-order valence-corrected chi connectivity index (χ1v) is 12.5. The molecule has 0 amide bonds. The molecule has 5 rings (SSSR count). The molecule has 4 aliphatic rings. The summed E-state index contributed by atoms with van der Waals surface area (Å²) in [5, 5.41) is 11.3. The molecule has 0 aromatic heterocycles. The minimum absolute atomic E-state index is 0.0311. The molecule has 8 heteroatoms. The topological polar surface area (TPSA) is 54.4 Å². The van der Waals surface area contributed by atoms with E-state index in [-0.39, 0.29) is 30.3 Å². The van der Waals surface area contributed by atoms with Crippen LogP contribution >= 0.6 is 0 Å². The molecule has 1 aromatic rings. The zero-order valence-corrected chi connectivity index (χ0v) is 20.2. The molecule has 3 unspecified atom stereocenters. The van der Waals surface area contributed by atoms with Crippen LogP contribution in [-0.4, -0.2) is 34.4 Å². The Morgan fingerprint density at radius 2 is 1.81 bits per heavy atom. The smallest absolute Gasteiger partial charge is 0.383 e. The monoisotopic (exact) mass is 508 g/mol. The van der Waals surface area contributed by atoms with Gasteiger partial charge in [-0.15, -0.1) is 0 Å². The van der Waals surface area contributed by atoms with Crippen LogP contribution in [0.25, 0.3) is 0 Å². The van der Waals surface area contributed by atoms with Gasteiger partial charge < -0.3 is 5.11 Å². The van der Waals surface area contributed by atoms with Gasteiger partial charge in [-0.2, -0.15) is 22.0 Å². The largest absolute Gasteiger partial charge is 0.456 e. The van der Waals surface area contributed by atoms with Crippen molar-refractivity contribution in [2.45, 2.75) is 82.4 Å². The Morgan fingerprint density at radius 1 is 1.08 bits per heavy atom. The molecule has 0 radical (unpaired) electrons. The summed E-state index contributed by atoms with van der Waals surface area (Å²) in [5.41, 5.74) is -0.945. The van der Waals surface area contributed by atoms with E-state index in [2.05, 4.69) is 0 Å².